The van der Waals surface area contributed by atoms with Gasteiger partial charge >= 0.3 is 0 Å². The molecule has 0 aliphatic heterocycles. The van der Waals surface area contributed by atoms with Crippen LogP contribution in [0.3, 0.4) is 0 Å². The first-order valence-corrected chi connectivity index (χ1v) is 7.25. The summed E-state index contributed by atoms with van der Waals surface area (Å²) < 4.78 is 0. The molecule has 2 amide bonds. The highest BCUT2D eigenvalue weighted by molar-refractivity contribution is 5.85. The van der Waals surface area contributed by atoms with Crippen LogP contribution in [-0.4, -0.2) is 24.4 Å². The Hall–Kier alpha value is -1.84. The third kappa shape index (κ3) is 4.68. The van der Waals surface area contributed by atoms with Gasteiger partial charge in [-0.3, -0.25) is 9.59 Å². The van der Waals surface area contributed by atoms with Crippen LogP contribution in [0.15, 0.2) is 24.3 Å². The number of nitrogens with one attached hydrogen (secondary N) is 2. The van der Waals surface area contributed by atoms with Crippen molar-refractivity contribution in [3.63, 3.8) is 0 Å². The Kier molecular flexibility index (Phi) is 5.16. The Labute approximate surface area is 119 Å². The predicted octanol–water partition coefficient (Wildman–Crippen LogP) is 1.71. The lowest BCUT2D eigenvalue weighted by molar-refractivity contribution is -0.126. The summed E-state index contributed by atoms with van der Waals surface area (Å²) in [6.45, 7) is 2.07. The van der Waals surface area contributed by atoms with Crippen LogP contribution in [0.5, 0.6) is 0 Å². The summed E-state index contributed by atoms with van der Waals surface area (Å²) in [4.78, 5) is 23.5. The molecule has 2 rings (SSSR count). The van der Waals surface area contributed by atoms with E-state index >= 15 is 0 Å². The first kappa shape index (κ1) is 14.6. The molecule has 1 aromatic carbocycles. The van der Waals surface area contributed by atoms with E-state index in [0.717, 1.165) is 24.0 Å². The van der Waals surface area contributed by atoms with E-state index < -0.39 is 0 Å². The van der Waals surface area contributed by atoms with Gasteiger partial charge in [0.25, 0.3) is 0 Å². The molecule has 1 saturated carbocycles. The molecule has 20 heavy (non-hydrogen) atoms. The lowest BCUT2D eigenvalue weighted by Gasteiger charge is -2.12. The minimum absolute atomic E-state index is 0.0706. The molecule has 0 spiro atoms. The average Bonchev–Trinajstić information content (AvgIpc) is 2.89. The van der Waals surface area contributed by atoms with Crippen molar-refractivity contribution in [1.82, 2.24) is 10.6 Å². The van der Waals surface area contributed by atoms with Crippen molar-refractivity contribution >= 4 is 11.8 Å². The molecule has 4 nitrogen and oxygen atoms in total. The predicted molar refractivity (Wildman–Crippen MR) is 78.3 cm³/mol. The van der Waals surface area contributed by atoms with Gasteiger partial charge in [-0.2, -0.15) is 0 Å². The number of benzene rings is 1. The summed E-state index contributed by atoms with van der Waals surface area (Å²) >= 11 is 0. The number of carbonyl (C=O) groups is 2. The smallest absolute Gasteiger partial charge is 0.239 e. The zero-order valence-corrected chi connectivity index (χ0v) is 11.9. The molecule has 0 bridgehead atoms. The van der Waals surface area contributed by atoms with E-state index in [1.807, 2.05) is 31.2 Å². The molecule has 1 aliphatic rings. The van der Waals surface area contributed by atoms with Gasteiger partial charge in [-0.15, -0.1) is 0 Å². The summed E-state index contributed by atoms with van der Waals surface area (Å²) in [6.07, 6.45) is 4.81. The molecule has 2 N–H and O–H groups in total. The maximum atomic E-state index is 11.8. The lowest BCUT2D eigenvalue weighted by Crippen LogP contribution is -2.41. The second-order valence-corrected chi connectivity index (χ2v) is 5.49. The minimum atomic E-state index is -0.114. The van der Waals surface area contributed by atoms with E-state index in [4.69, 9.17) is 0 Å². The Morgan fingerprint density at radius 3 is 2.65 bits per heavy atom. The van der Waals surface area contributed by atoms with Crippen LogP contribution in [0.1, 0.15) is 36.8 Å². The molecular formula is C16H22N2O2. The summed E-state index contributed by atoms with van der Waals surface area (Å²) in [5.41, 5.74) is 2.10. The van der Waals surface area contributed by atoms with Crippen LogP contribution in [0.25, 0.3) is 0 Å². The topological polar surface area (TPSA) is 58.2 Å². The molecule has 1 aliphatic carbocycles. The molecular weight excluding hydrogens is 252 g/mol. The molecule has 1 aromatic rings. The number of hydrogen-bond donors (Lipinski definition) is 2. The van der Waals surface area contributed by atoms with Crippen molar-refractivity contribution in [2.24, 2.45) is 0 Å². The molecule has 0 saturated heterocycles. The minimum Gasteiger partial charge on any atom is -0.352 e. The van der Waals surface area contributed by atoms with Gasteiger partial charge in [0.2, 0.25) is 11.8 Å². The summed E-state index contributed by atoms with van der Waals surface area (Å²) in [5, 5.41) is 5.63. The zero-order chi connectivity index (χ0) is 14.4. The van der Waals surface area contributed by atoms with E-state index in [2.05, 4.69) is 10.6 Å². The van der Waals surface area contributed by atoms with Crippen molar-refractivity contribution in [3.8, 4) is 0 Å². The highest BCUT2D eigenvalue weighted by Crippen LogP contribution is 2.17. The normalized spacial score (nSPS) is 15.1. The number of carbonyl (C=O) groups excluding carboxylic acids is 2. The van der Waals surface area contributed by atoms with Crippen molar-refractivity contribution in [2.45, 2.75) is 45.1 Å². The number of aryl methyl sites for hydroxylation is 1. The molecule has 0 heterocycles. The fraction of sp³-hybridized carbons (Fsp3) is 0.500. The first-order chi connectivity index (χ1) is 9.63. The fourth-order valence-corrected chi connectivity index (χ4v) is 2.60. The van der Waals surface area contributed by atoms with E-state index in [1.54, 1.807) is 0 Å². The van der Waals surface area contributed by atoms with Crippen LogP contribution in [0.2, 0.25) is 0 Å². The highest BCUT2D eigenvalue weighted by atomic mass is 16.2. The van der Waals surface area contributed by atoms with Gasteiger partial charge in [0.05, 0.1) is 13.0 Å². The number of rotatable bonds is 5. The molecule has 0 unspecified atom stereocenters. The second kappa shape index (κ2) is 7.08. The highest BCUT2D eigenvalue weighted by Gasteiger charge is 2.17. The van der Waals surface area contributed by atoms with Crippen molar-refractivity contribution in [2.75, 3.05) is 6.54 Å². The van der Waals surface area contributed by atoms with Crippen molar-refractivity contribution < 1.29 is 9.59 Å². The SMILES string of the molecule is Cc1cccc(CC(=O)NCC(=O)NC2CCCC2)c1. The third-order valence-electron chi connectivity index (χ3n) is 3.61. The molecule has 0 radical (unpaired) electrons. The van der Waals surface area contributed by atoms with Crippen molar-refractivity contribution in [1.29, 1.82) is 0 Å². The Balaban J connectivity index is 1.70. The van der Waals surface area contributed by atoms with Gasteiger partial charge in [-0.25, -0.2) is 0 Å². The molecule has 0 aromatic heterocycles. The van der Waals surface area contributed by atoms with E-state index in [1.165, 1.54) is 12.8 Å². The van der Waals surface area contributed by atoms with E-state index in [-0.39, 0.29) is 18.4 Å². The van der Waals surface area contributed by atoms with Crippen LogP contribution >= 0.6 is 0 Å². The molecule has 0 atom stereocenters. The Morgan fingerprint density at radius 1 is 1.20 bits per heavy atom. The van der Waals surface area contributed by atoms with Crippen molar-refractivity contribution in [3.05, 3.63) is 35.4 Å². The summed E-state index contributed by atoms with van der Waals surface area (Å²) in [5.74, 6) is -0.202. The quantitative estimate of drug-likeness (QED) is 0.859. The van der Waals surface area contributed by atoms with Gasteiger partial charge in [-0.1, -0.05) is 42.7 Å². The lowest BCUT2D eigenvalue weighted by atomic mass is 10.1. The van der Waals surface area contributed by atoms with Gasteiger partial charge < -0.3 is 10.6 Å². The summed E-state index contributed by atoms with van der Waals surface area (Å²) in [7, 11) is 0. The van der Waals surface area contributed by atoms with Gasteiger partial charge in [-0.05, 0) is 25.3 Å². The largest absolute Gasteiger partial charge is 0.352 e. The molecule has 4 heteroatoms. The molecule has 1 fully saturated rings. The van der Waals surface area contributed by atoms with Crippen LogP contribution in [-0.2, 0) is 16.0 Å². The zero-order valence-electron chi connectivity index (χ0n) is 11.9. The van der Waals surface area contributed by atoms with E-state index in [9.17, 15) is 9.59 Å². The van der Waals surface area contributed by atoms with Gasteiger partial charge in [0.15, 0.2) is 0 Å². The van der Waals surface area contributed by atoms with E-state index in [0.29, 0.717) is 12.5 Å². The maximum Gasteiger partial charge on any atom is 0.239 e. The third-order valence-corrected chi connectivity index (χ3v) is 3.61. The van der Waals surface area contributed by atoms with Crippen LogP contribution < -0.4 is 10.6 Å². The average molecular weight is 274 g/mol. The first-order valence-electron chi connectivity index (χ1n) is 7.25. The standard InChI is InChI=1S/C16H22N2O2/c1-12-5-4-6-13(9-12)10-15(19)17-11-16(20)18-14-7-2-3-8-14/h4-6,9,14H,2-3,7-8,10-11H2,1H3,(H,17,19)(H,18,20). The van der Waals surface area contributed by atoms with Gasteiger partial charge in [0.1, 0.15) is 0 Å². The fourth-order valence-electron chi connectivity index (χ4n) is 2.60. The van der Waals surface area contributed by atoms with Crippen LogP contribution in [0, 0.1) is 6.92 Å². The monoisotopic (exact) mass is 274 g/mol. The number of amides is 2. The molecule has 108 valence electrons. The van der Waals surface area contributed by atoms with Gasteiger partial charge in [0, 0.05) is 6.04 Å². The second-order valence-electron chi connectivity index (χ2n) is 5.49. The summed E-state index contributed by atoms with van der Waals surface area (Å²) in [6, 6.07) is 8.14. The Morgan fingerprint density at radius 2 is 1.95 bits per heavy atom. The maximum absolute atomic E-state index is 11.8. The Bertz CT molecular complexity index is 479. The number of hydrogen-bond acceptors (Lipinski definition) is 2. The van der Waals surface area contributed by atoms with Crippen LogP contribution in [0.4, 0.5) is 0 Å².